The van der Waals surface area contributed by atoms with Gasteiger partial charge in [0.25, 0.3) is 0 Å². The number of carbonyl (C=O) groups is 1. The lowest BCUT2D eigenvalue weighted by molar-refractivity contribution is -0.338. The largest absolute Gasteiger partial charge is 0.459 e. The van der Waals surface area contributed by atoms with Gasteiger partial charge in [-0.25, -0.2) is 0 Å². The molecule has 4 rings (SSSR count). The second-order valence-corrected chi connectivity index (χ2v) is 18.5. The molecule has 0 saturated carbocycles. The number of nitrogens with zero attached hydrogens (tertiary/aromatic N) is 2. The van der Waals surface area contributed by atoms with Crippen molar-refractivity contribution >= 4 is 5.97 Å². The SMILES string of the molecule is CCC1OC(=O)[C@H](C)[C@@H](O[C@H]2C[C@@](C)(OC)[C@](O)(CN3CCN(C)CC3)[C@H](C)O2)[C@H](C)[C@@H](O[C@@H]2O[C@H](C)CC[C@H]2O)[C@](C)(O)C[C@@H](C)CN[C@H](C)[C@@H](O)[C@]1(C)O. The van der Waals surface area contributed by atoms with Gasteiger partial charge in [-0.2, -0.15) is 0 Å². The lowest BCUT2D eigenvalue weighted by Crippen LogP contribution is -2.71. The van der Waals surface area contributed by atoms with Gasteiger partial charge in [-0.05, 0) is 93.7 Å². The van der Waals surface area contributed by atoms with E-state index in [1.807, 2.05) is 27.7 Å². The van der Waals surface area contributed by atoms with Crippen LogP contribution in [0.3, 0.4) is 0 Å². The molecule has 6 N–H and O–H groups in total. The topological polar surface area (TPSA) is 192 Å². The van der Waals surface area contributed by atoms with Gasteiger partial charge in [-0.15, -0.1) is 0 Å². The van der Waals surface area contributed by atoms with Crippen molar-refractivity contribution in [3.63, 3.8) is 0 Å². The van der Waals surface area contributed by atoms with Gasteiger partial charge in [0.1, 0.15) is 35.1 Å². The molecule has 0 amide bonds. The summed E-state index contributed by atoms with van der Waals surface area (Å²) in [6.07, 6.45) is -6.62. The maximum absolute atomic E-state index is 14.3. The fraction of sp³-hybridized carbons (Fsp3) is 0.976. The molecule has 0 bridgehead atoms. The lowest BCUT2D eigenvalue weighted by Gasteiger charge is -2.55. The van der Waals surface area contributed by atoms with E-state index in [9.17, 15) is 30.3 Å². The van der Waals surface area contributed by atoms with Crippen molar-refractivity contribution in [3.05, 3.63) is 0 Å². The molecule has 4 heterocycles. The van der Waals surface area contributed by atoms with Gasteiger partial charge in [0, 0.05) is 58.2 Å². The average molecular weight is 804 g/mol. The minimum absolute atomic E-state index is 0.117. The molecule has 0 aromatic rings. The van der Waals surface area contributed by atoms with E-state index >= 15 is 0 Å². The second kappa shape index (κ2) is 19.1. The minimum Gasteiger partial charge on any atom is -0.459 e. The van der Waals surface area contributed by atoms with Crippen LogP contribution < -0.4 is 5.32 Å². The van der Waals surface area contributed by atoms with Gasteiger partial charge in [0.2, 0.25) is 0 Å². The molecule has 4 fully saturated rings. The van der Waals surface area contributed by atoms with E-state index < -0.39 is 95.5 Å². The van der Waals surface area contributed by atoms with Crippen LogP contribution in [-0.4, -0.2) is 178 Å². The Balaban J connectivity index is 1.75. The number of esters is 1. The Hall–Kier alpha value is -1.05. The van der Waals surface area contributed by atoms with Crippen LogP contribution in [0, 0.1) is 17.8 Å². The van der Waals surface area contributed by atoms with Crippen LogP contribution in [0.2, 0.25) is 0 Å². The van der Waals surface area contributed by atoms with Crippen molar-refractivity contribution in [2.24, 2.45) is 17.8 Å². The lowest BCUT2D eigenvalue weighted by atomic mass is 9.74. The van der Waals surface area contributed by atoms with E-state index in [1.165, 1.54) is 6.92 Å². The van der Waals surface area contributed by atoms with Gasteiger partial charge >= 0.3 is 5.97 Å². The Labute approximate surface area is 335 Å². The maximum Gasteiger partial charge on any atom is 0.311 e. The van der Waals surface area contributed by atoms with Crippen LogP contribution >= 0.6 is 0 Å². The summed E-state index contributed by atoms with van der Waals surface area (Å²) in [7, 11) is 3.65. The number of aliphatic hydroxyl groups is 5. The summed E-state index contributed by atoms with van der Waals surface area (Å²) >= 11 is 0. The predicted molar refractivity (Wildman–Crippen MR) is 210 cm³/mol. The molecule has 328 valence electrons. The first-order valence-electron chi connectivity index (χ1n) is 21.0. The molecule has 15 nitrogen and oxygen atoms in total. The van der Waals surface area contributed by atoms with Crippen molar-refractivity contribution in [2.45, 2.75) is 185 Å². The average Bonchev–Trinajstić information content (AvgIpc) is 3.13. The second-order valence-electron chi connectivity index (χ2n) is 18.5. The number of hydrogen-bond acceptors (Lipinski definition) is 15. The molecule has 17 atom stereocenters. The number of carbonyl (C=O) groups excluding carboxylic acids is 1. The van der Waals surface area contributed by atoms with Crippen molar-refractivity contribution in [2.75, 3.05) is 53.4 Å². The van der Waals surface area contributed by atoms with E-state index in [2.05, 4.69) is 22.2 Å². The maximum atomic E-state index is 14.3. The zero-order valence-electron chi connectivity index (χ0n) is 36.3. The van der Waals surface area contributed by atoms with Crippen molar-refractivity contribution in [1.82, 2.24) is 15.1 Å². The molecule has 0 aliphatic carbocycles. The number of piperazine rings is 1. The summed E-state index contributed by atoms with van der Waals surface area (Å²) in [5.74, 6) is -2.59. The fourth-order valence-corrected chi connectivity index (χ4v) is 9.46. The molecule has 4 aliphatic heterocycles. The number of aliphatic hydroxyl groups excluding tert-OH is 2. The molecule has 56 heavy (non-hydrogen) atoms. The third kappa shape index (κ3) is 10.6. The van der Waals surface area contributed by atoms with E-state index in [0.717, 1.165) is 26.2 Å². The van der Waals surface area contributed by atoms with Crippen LogP contribution in [0.4, 0.5) is 0 Å². The van der Waals surface area contributed by atoms with Gasteiger partial charge in [-0.3, -0.25) is 9.69 Å². The highest BCUT2D eigenvalue weighted by Gasteiger charge is 2.59. The Kier molecular flexibility index (Phi) is 16.3. The third-order valence-corrected chi connectivity index (χ3v) is 13.5. The van der Waals surface area contributed by atoms with E-state index in [1.54, 1.807) is 41.7 Å². The van der Waals surface area contributed by atoms with Crippen LogP contribution in [0.1, 0.15) is 101 Å². The number of likely N-dealkylation sites (N-methyl/N-ethyl adjacent to an activating group) is 1. The number of ether oxygens (including phenoxy) is 6. The van der Waals surface area contributed by atoms with Gasteiger partial charge in [-0.1, -0.05) is 20.8 Å². The summed E-state index contributed by atoms with van der Waals surface area (Å²) in [6.45, 7) is 21.8. The zero-order valence-corrected chi connectivity index (χ0v) is 36.3. The molecular weight excluding hydrogens is 726 g/mol. The first-order chi connectivity index (χ1) is 26.0. The van der Waals surface area contributed by atoms with Gasteiger partial charge in [0.15, 0.2) is 12.6 Å². The summed E-state index contributed by atoms with van der Waals surface area (Å²) in [4.78, 5) is 18.8. The number of hydrogen-bond donors (Lipinski definition) is 6. The molecular formula is C41H77N3O12. The van der Waals surface area contributed by atoms with E-state index in [4.69, 9.17) is 28.4 Å². The molecule has 1 unspecified atom stereocenters. The highest BCUT2D eigenvalue weighted by Crippen LogP contribution is 2.44. The summed E-state index contributed by atoms with van der Waals surface area (Å²) in [5.41, 5.74) is -5.87. The molecule has 15 heteroatoms. The number of methoxy groups -OCH3 is 1. The van der Waals surface area contributed by atoms with E-state index in [0.29, 0.717) is 25.9 Å². The summed E-state index contributed by atoms with van der Waals surface area (Å²) in [5, 5.41) is 62.2. The molecule has 4 saturated heterocycles. The predicted octanol–water partition coefficient (Wildman–Crippen LogP) is 1.64. The van der Waals surface area contributed by atoms with Gasteiger partial charge < -0.3 is 64.2 Å². The quantitative estimate of drug-likeness (QED) is 0.194. The van der Waals surface area contributed by atoms with Crippen LogP contribution in [0.15, 0.2) is 0 Å². The Morgan fingerprint density at radius 2 is 1.55 bits per heavy atom. The van der Waals surface area contributed by atoms with Crippen molar-refractivity contribution < 1.29 is 58.7 Å². The normalized spacial score (nSPS) is 48.8. The molecule has 0 aromatic heterocycles. The summed E-state index contributed by atoms with van der Waals surface area (Å²) in [6, 6.07) is -0.586. The van der Waals surface area contributed by atoms with Gasteiger partial charge in [0.05, 0.1) is 35.9 Å². The standard InChI is InChI=1S/C41H77N3O12/c1-13-31-40(10,49)34(46)28(6)42-22-24(2)20-38(8,48)35(56-37-30(45)15-14-25(3)52-37)26(4)33(27(5)36(47)54-31)55-32-21-39(9,51-12)41(50,29(7)53-32)23-44-18-16-43(11)17-19-44/h24-35,37,42,45-46,48-50H,13-23H2,1-12H3/t24-,25-,26+,27-,28-,29+,30-,31?,32+,33+,34-,35-,37+,38-,39-,40-,41+/m1/s1. The first-order valence-corrected chi connectivity index (χ1v) is 21.0. The minimum atomic E-state index is -1.80. The highest BCUT2D eigenvalue weighted by atomic mass is 16.7. The third-order valence-electron chi connectivity index (χ3n) is 13.5. The Bertz CT molecular complexity index is 1250. The molecule has 0 aromatic carbocycles. The highest BCUT2D eigenvalue weighted by molar-refractivity contribution is 5.73. The molecule has 0 spiro atoms. The van der Waals surface area contributed by atoms with E-state index in [-0.39, 0.29) is 31.3 Å². The number of β-amino-alcohol motifs (C(OH)–C–C–N with tert-alkyl or cyclic N) is 1. The number of rotatable bonds is 8. The molecule has 4 aliphatic rings. The summed E-state index contributed by atoms with van der Waals surface area (Å²) < 4.78 is 38.3. The van der Waals surface area contributed by atoms with Crippen molar-refractivity contribution in [1.29, 1.82) is 0 Å². The van der Waals surface area contributed by atoms with Crippen LogP contribution in [0.5, 0.6) is 0 Å². The molecule has 0 radical (unpaired) electrons. The smallest absolute Gasteiger partial charge is 0.311 e. The Morgan fingerprint density at radius 1 is 0.911 bits per heavy atom. The van der Waals surface area contributed by atoms with Crippen LogP contribution in [-0.2, 0) is 33.2 Å². The monoisotopic (exact) mass is 804 g/mol. The number of nitrogens with one attached hydrogen (secondary N) is 1. The zero-order chi connectivity index (χ0) is 42.0. The van der Waals surface area contributed by atoms with Crippen LogP contribution in [0.25, 0.3) is 0 Å². The number of cyclic esters (lactones) is 1. The fourth-order valence-electron chi connectivity index (χ4n) is 9.46. The van der Waals surface area contributed by atoms with Crippen molar-refractivity contribution in [3.8, 4) is 0 Å². The Morgan fingerprint density at radius 3 is 2.16 bits per heavy atom. The first kappa shape index (κ1) is 47.6.